The smallest absolute Gasteiger partial charge is 0.408 e. The van der Waals surface area contributed by atoms with Crippen molar-refractivity contribution in [3.05, 3.63) is 42.5 Å². The Balaban J connectivity index is 2.63. The normalized spacial score (nSPS) is 12.2. The standard InChI is InChI=1S/C18H25NO4/c1-13(14-9-7-6-8-10-14)11-12-15(16(20)22-5)19-17(21)23-18(2,3)4/h6-10,15H,1,11-12H2,2-5H3,(H,19,21)/t15-/m0/s1. The number of hydrogen-bond donors (Lipinski definition) is 1. The molecule has 0 aliphatic rings. The number of alkyl carbamates (subject to hydrolysis) is 1. The zero-order valence-electron chi connectivity index (χ0n) is 14.2. The predicted molar refractivity (Wildman–Crippen MR) is 89.9 cm³/mol. The van der Waals surface area contributed by atoms with Crippen LogP contribution in [-0.2, 0) is 14.3 Å². The molecule has 0 aliphatic heterocycles. The van der Waals surface area contributed by atoms with Crippen LogP contribution in [0.1, 0.15) is 39.2 Å². The van der Waals surface area contributed by atoms with E-state index in [0.717, 1.165) is 11.1 Å². The molecule has 0 spiro atoms. The summed E-state index contributed by atoms with van der Waals surface area (Å²) in [7, 11) is 1.29. The number of esters is 1. The minimum absolute atomic E-state index is 0.389. The average molecular weight is 319 g/mol. The second kappa shape index (κ2) is 8.36. The van der Waals surface area contributed by atoms with E-state index < -0.39 is 23.7 Å². The minimum atomic E-state index is -0.768. The molecule has 1 aromatic rings. The maximum atomic E-state index is 11.8. The number of carbonyl (C=O) groups excluding carboxylic acids is 2. The van der Waals surface area contributed by atoms with Crippen LogP contribution in [-0.4, -0.2) is 30.8 Å². The van der Waals surface area contributed by atoms with E-state index in [1.54, 1.807) is 20.8 Å². The van der Waals surface area contributed by atoms with Gasteiger partial charge >= 0.3 is 12.1 Å². The average Bonchev–Trinajstić information content (AvgIpc) is 2.49. The molecule has 0 bridgehead atoms. The van der Waals surface area contributed by atoms with Crippen molar-refractivity contribution in [2.45, 2.75) is 45.3 Å². The summed E-state index contributed by atoms with van der Waals surface area (Å²) < 4.78 is 9.92. The molecular formula is C18H25NO4. The van der Waals surface area contributed by atoms with E-state index in [0.29, 0.717) is 12.8 Å². The van der Waals surface area contributed by atoms with Crippen LogP contribution in [0.5, 0.6) is 0 Å². The molecule has 1 N–H and O–H groups in total. The van der Waals surface area contributed by atoms with Gasteiger partial charge in [0.25, 0.3) is 0 Å². The van der Waals surface area contributed by atoms with Crippen LogP contribution in [0.15, 0.2) is 36.9 Å². The summed E-state index contributed by atoms with van der Waals surface area (Å²) in [4.78, 5) is 23.7. The summed E-state index contributed by atoms with van der Waals surface area (Å²) in [5.41, 5.74) is 1.28. The van der Waals surface area contributed by atoms with Crippen LogP contribution in [0, 0.1) is 0 Å². The van der Waals surface area contributed by atoms with Crippen molar-refractivity contribution in [2.24, 2.45) is 0 Å². The largest absolute Gasteiger partial charge is 0.467 e. The Labute approximate surface area is 137 Å². The number of ether oxygens (including phenoxy) is 2. The summed E-state index contributed by atoms with van der Waals surface area (Å²) in [5, 5.41) is 2.55. The van der Waals surface area contributed by atoms with E-state index in [-0.39, 0.29) is 0 Å². The lowest BCUT2D eigenvalue weighted by molar-refractivity contribution is -0.143. The fraction of sp³-hybridized carbons (Fsp3) is 0.444. The van der Waals surface area contributed by atoms with Gasteiger partial charge in [-0.25, -0.2) is 9.59 Å². The second-order valence-corrected chi connectivity index (χ2v) is 6.23. The molecule has 126 valence electrons. The van der Waals surface area contributed by atoms with Crippen molar-refractivity contribution in [3.63, 3.8) is 0 Å². The third-order valence-corrected chi connectivity index (χ3v) is 3.09. The summed E-state index contributed by atoms with van der Waals surface area (Å²) >= 11 is 0. The quantitative estimate of drug-likeness (QED) is 0.814. The first-order chi connectivity index (χ1) is 10.7. The van der Waals surface area contributed by atoms with Crippen molar-refractivity contribution in [3.8, 4) is 0 Å². The van der Waals surface area contributed by atoms with Gasteiger partial charge in [-0.05, 0) is 44.7 Å². The van der Waals surface area contributed by atoms with Gasteiger partial charge in [-0.1, -0.05) is 36.9 Å². The summed E-state index contributed by atoms with van der Waals surface area (Å²) in [5.74, 6) is -0.503. The van der Waals surface area contributed by atoms with Gasteiger partial charge in [0.15, 0.2) is 0 Å². The number of benzene rings is 1. The monoisotopic (exact) mass is 319 g/mol. The zero-order valence-corrected chi connectivity index (χ0v) is 14.2. The number of rotatable bonds is 6. The molecule has 0 unspecified atom stereocenters. The number of methoxy groups -OCH3 is 1. The molecule has 0 radical (unpaired) electrons. The lowest BCUT2D eigenvalue weighted by Crippen LogP contribution is -2.44. The molecule has 1 aromatic carbocycles. The fourth-order valence-corrected chi connectivity index (χ4v) is 1.98. The number of nitrogens with one attached hydrogen (secondary N) is 1. The van der Waals surface area contributed by atoms with Crippen molar-refractivity contribution in [1.29, 1.82) is 0 Å². The highest BCUT2D eigenvalue weighted by Gasteiger charge is 2.24. The molecular weight excluding hydrogens is 294 g/mol. The van der Waals surface area contributed by atoms with Gasteiger partial charge in [-0.15, -0.1) is 0 Å². The molecule has 0 fully saturated rings. The maximum absolute atomic E-state index is 11.8. The van der Waals surface area contributed by atoms with Crippen molar-refractivity contribution >= 4 is 17.6 Å². The summed E-state index contributed by atoms with van der Waals surface area (Å²) in [6.07, 6.45) is 0.303. The molecule has 0 aromatic heterocycles. The topological polar surface area (TPSA) is 64.6 Å². The van der Waals surface area contributed by atoms with Gasteiger partial charge in [0.1, 0.15) is 11.6 Å². The highest BCUT2D eigenvalue weighted by atomic mass is 16.6. The molecule has 1 amide bonds. The van der Waals surface area contributed by atoms with E-state index in [2.05, 4.69) is 11.9 Å². The van der Waals surface area contributed by atoms with Crippen LogP contribution >= 0.6 is 0 Å². The lowest BCUT2D eigenvalue weighted by atomic mass is 10.0. The van der Waals surface area contributed by atoms with Crippen LogP contribution in [0.3, 0.4) is 0 Å². The molecule has 1 rings (SSSR count). The van der Waals surface area contributed by atoms with Crippen LogP contribution in [0.25, 0.3) is 5.57 Å². The number of amides is 1. The van der Waals surface area contributed by atoms with E-state index in [4.69, 9.17) is 9.47 Å². The van der Waals surface area contributed by atoms with Gasteiger partial charge in [-0.3, -0.25) is 0 Å². The SMILES string of the molecule is C=C(CC[C@H](NC(=O)OC(C)(C)C)C(=O)OC)c1ccccc1. The molecule has 0 heterocycles. The molecule has 5 nitrogen and oxygen atoms in total. The van der Waals surface area contributed by atoms with Gasteiger partial charge in [0.05, 0.1) is 7.11 Å². The first-order valence-electron chi connectivity index (χ1n) is 7.53. The second-order valence-electron chi connectivity index (χ2n) is 6.23. The Hall–Kier alpha value is -2.30. The molecule has 0 aliphatic carbocycles. The van der Waals surface area contributed by atoms with E-state index in [1.165, 1.54) is 7.11 Å². The third-order valence-electron chi connectivity index (χ3n) is 3.09. The van der Waals surface area contributed by atoms with E-state index >= 15 is 0 Å². The first kappa shape index (κ1) is 18.7. The highest BCUT2D eigenvalue weighted by molar-refractivity contribution is 5.81. The van der Waals surface area contributed by atoms with Crippen molar-refractivity contribution < 1.29 is 19.1 Å². The summed E-state index contributed by atoms with van der Waals surface area (Å²) in [6, 6.07) is 8.93. The number of allylic oxidation sites excluding steroid dienone is 1. The highest BCUT2D eigenvalue weighted by Crippen LogP contribution is 2.19. The van der Waals surface area contributed by atoms with Crippen molar-refractivity contribution in [2.75, 3.05) is 7.11 Å². The Morgan fingerprint density at radius 2 is 1.83 bits per heavy atom. The number of hydrogen-bond acceptors (Lipinski definition) is 4. The molecule has 5 heteroatoms. The van der Waals surface area contributed by atoms with E-state index in [1.807, 2.05) is 30.3 Å². The Kier molecular flexibility index (Phi) is 6.82. The Bertz CT molecular complexity index is 546. The Morgan fingerprint density at radius 1 is 1.22 bits per heavy atom. The predicted octanol–water partition coefficient (Wildman–Crippen LogP) is 3.55. The molecule has 0 saturated carbocycles. The van der Waals surface area contributed by atoms with Gasteiger partial charge in [0.2, 0.25) is 0 Å². The van der Waals surface area contributed by atoms with Crippen LogP contribution < -0.4 is 5.32 Å². The van der Waals surface area contributed by atoms with Gasteiger partial charge in [-0.2, -0.15) is 0 Å². The third kappa shape index (κ3) is 7.00. The molecule has 1 atom stereocenters. The summed E-state index contributed by atoms with van der Waals surface area (Å²) in [6.45, 7) is 9.31. The van der Waals surface area contributed by atoms with E-state index in [9.17, 15) is 9.59 Å². The maximum Gasteiger partial charge on any atom is 0.408 e. The lowest BCUT2D eigenvalue weighted by Gasteiger charge is -2.22. The van der Waals surface area contributed by atoms with Crippen molar-refractivity contribution in [1.82, 2.24) is 5.32 Å². The fourth-order valence-electron chi connectivity index (χ4n) is 1.98. The minimum Gasteiger partial charge on any atom is -0.467 e. The Morgan fingerprint density at radius 3 is 2.35 bits per heavy atom. The first-order valence-corrected chi connectivity index (χ1v) is 7.53. The van der Waals surface area contributed by atoms with Crippen LogP contribution in [0.2, 0.25) is 0 Å². The molecule has 0 saturated heterocycles. The zero-order chi connectivity index (χ0) is 17.5. The van der Waals surface area contributed by atoms with Crippen LogP contribution in [0.4, 0.5) is 4.79 Å². The van der Waals surface area contributed by atoms with Gasteiger partial charge in [0, 0.05) is 0 Å². The number of carbonyl (C=O) groups is 2. The molecule has 23 heavy (non-hydrogen) atoms. The van der Waals surface area contributed by atoms with Gasteiger partial charge < -0.3 is 14.8 Å².